The molecular formula is C28H22F3N3O. The Kier molecular flexibility index (Phi) is 6.23. The molecule has 3 aromatic carbocycles. The molecule has 4 nitrogen and oxygen atoms in total. The van der Waals surface area contributed by atoms with E-state index < -0.39 is 22.9 Å². The quantitative estimate of drug-likeness (QED) is 0.353. The molecular weight excluding hydrogens is 451 g/mol. The number of nitrogens with zero attached hydrogens (tertiary/aromatic N) is 2. The van der Waals surface area contributed by atoms with E-state index in [0.717, 1.165) is 33.9 Å². The summed E-state index contributed by atoms with van der Waals surface area (Å²) in [5.41, 5.74) is 8.03. The lowest BCUT2D eigenvalue weighted by Crippen LogP contribution is -2.29. The molecule has 0 spiro atoms. The molecule has 0 radical (unpaired) electrons. The first kappa shape index (κ1) is 23.8. The highest BCUT2D eigenvalue weighted by atomic mass is 19.4. The van der Waals surface area contributed by atoms with E-state index in [-0.39, 0.29) is 12.2 Å². The second-order valence-corrected chi connectivity index (χ2v) is 8.46. The van der Waals surface area contributed by atoms with Gasteiger partial charge in [0.2, 0.25) is 0 Å². The van der Waals surface area contributed by atoms with Gasteiger partial charge in [0.05, 0.1) is 17.8 Å². The van der Waals surface area contributed by atoms with Gasteiger partial charge in [-0.05, 0) is 65.9 Å². The Morgan fingerprint density at radius 1 is 0.914 bits per heavy atom. The van der Waals surface area contributed by atoms with Crippen LogP contribution in [0, 0.1) is 25.2 Å². The third kappa shape index (κ3) is 4.82. The zero-order valence-electron chi connectivity index (χ0n) is 19.1. The van der Waals surface area contributed by atoms with E-state index in [9.17, 15) is 23.2 Å². The van der Waals surface area contributed by atoms with Gasteiger partial charge >= 0.3 is 6.18 Å². The number of aryl methyl sites for hydroxylation is 2. The third-order valence-electron chi connectivity index (χ3n) is 5.92. The average molecular weight is 473 g/mol. The van der Waals surface area contributed by atoms with Crippen LogP contribution in [-0.4, -0.2) is 4.57 Å². The minimum Gasteiger partial charge on any atom is -0.399 e. The van der Waals surface area contributed by atoms with Crippen molar-refractivity contribution in [2.75, 3.05) is 5.73 Å². The number of pyridine rings is 1. The van der Waals surface area contributed by atoms with Crippen LogP contribution in [-0.2, 0) is 12.7 Å². The Morgan fingerprint density at radius 2 is 1.57 bits per heavy atom. The van der Waals surface area contributed by atoms with Crippen molar-refractivity contribution < 1.29 is 13.2 Å². The molecule has 0 atom stereocenters. The minimum absolute atomic E-state index is 0.0234. The third-order valence-corrected chi connectivity index (χ3v) is 5.92. The van der Waals surface area contributed by atoms with Gasteiger partial charge in [-0.3, -0.25) is 4.79 Å². The highest BCUT2D eigenvalue weighted by Crippen LogP contribution is 2.35. The Balaban J connectivity index is 1.98. The summed E-state index contributed by atoms with van der Waals surface area (Å²) in [5.74, 6) is 0. The van der Waals surface area contributed by atoms with E-state index in [4.69, 9.17) is 5.73 Å². The number of alkyl halides is 3. The van der Waals surface area contributed by atoms with Gasteiger partial charge in [-0.2, -0.15) is 18.4 Å². The first-order valence-electron chi connectivity index (χ1n) is 10.9. The molecule has 176 valence electrons. The van der Waals surface area contributed by atoms with Crippen molar-refractivity contribution in [1.29, 1.82) is 5.26 Å². The van der Waals surface area contributed by atoms with Crippen molar-refractivity contribution in [2.45, 2.75) is 26.6 Å². The van der Waals surface area contributed by atoms with Crippen LogP contribution in [0.25, 0.3) is 22.4 Å². The van der Waals surface area contributed by atoms with Crippen LogP contribution in [0.3, 0.4) is 0 Å². The van der Waals surface area contributed by atoms with E-state index >= 15 is 0 Å². The van der Waals surface area contributed by atoms with Gasteiger partial charge in [-0.25, -0.2) is 0 Å². The molecule has 0 aliphatic carbocycles. The highest BCUT2D eigenvalue weighted by Gasteiger charge is 2.36. The molecule has 0 saturated carbocycles. The lowest BCUT2D eigenvalue weighted by Gasteiger charge is -2.19. The summed E-state index contributed by atoms with van der Waals surface area (Å²) < 4.78 is 42.8. The van der Waals surface area contributed by atoms with E-state index in [1.807, 2.05) is 44.2 Å². The zero-order chi connectivity index (χ0) is 25.3. The number of nitrogen functional groups attached to an aromatic ring is 1. The number of hydrogen-bond donors (Lipinski definition) is 1. The van der Waals surface area contributed by atoms with Gasteiger partial charge < -0.3 is 10.3 Å². The van der Waals surface area contributed by atoms with Crippen LogP contribution in [0.15, 0.2) is 77.6 Å². The predicted octanol–water partition coefficient (Wildman–Crippen LogP) is 6.32. The zero-order valence-corrected chi connectivity index (χ0v) is 19.1. The summed E-state index contributed by atoms with van der Waals surface area (Å²) in [6.45, 7) is 3.83. The summed E-state index contributed by atoms with van der Waals surface area (Å²) in [5, 5.41) is 9.45. The number of nitriles is 1. The molecule has 4 rings (SSSR count). The molecule has 0 aliphatic rings. The van der Waals surface area contributed by atoms with E-state index in [2.05, 4.69) is 0 Å². The number of hydrogen-bond acceptors (Lipinski definition) is 3. The van der Waals surface area contributed by atoms with Crippen molar-refractivity contribution >= 4 is 5.69 Å². The largest absolute Gasteiger partial charge is 0.417 e. The molecule has 4 aromatic rings. The van der Waals surface area contributed by atoms with Crippen LogP contribution in [0.5, 0.6) is 0 Å². The van der Waals surface area contributed by atoms with Gasteiger partial charge in [0.15, 0.2) is 0 Å². The number of anilines is 1. The molecule has 7 heteroatoms. The monoisotopic (exact) mass is 473 g/mol. The fourth-order valence-electron chi connectivity index (χ4n) is 4.14. The molecule has 0 bridgehead atoms. The SMILES string of the molecule is Cc1ccc(Cn2c(-c3cccc(-c4cccc(N)c4)c3)cc(C(F)(F)F)c(C#N)c2=O)c(C)c1. The number of nitrogens with two attached hydrogens (primary N) is 1. The topological polar surface area (TPSA) is 71.8 Å². The first-order chi connectivity index (χ1) is 16.6. The maximum absolute atomic E-state index is 13.9. The lowest BCUT2D eigenvalue weighted by atomic mass is 9.98. The smallest absolute Gasteiger partial charge is 0.399 e. The molecule has 1 aromatic heterocycles. The Bertz CT molecular complexity index is 1530. The van der Waals surface area contributed by atoms with Gasteiger partial charge in [-0.1, -0.05) is 54.1 Å². The molecule has 0 amide bonds. The van der Waals surface area contributed by atoms with E-state index in [1.54, 1.807) is 36.4 Å². The molecule has 1 heterocycles. The van der Waals surface area contributed by atoms with Crippen molar-refractivity contribution in [3.63, 3.8) is 0 Å². The fraction of sp³-hybridized carbons (Fsp3) is 0.143. The van der Waals surface area contributed by atoms with Gasteiger partial charge in [-0.15, -0.1) is 0 Å². The molecule has 35 heavy (non-hydrogen) atoms. The molecule has 0 aliphatic heterocycles. The molecule has 0 saturated heterocycles. The maximum atomic E-state index is 13.9. The Hall–Kier alpha value is -4.31. The lowest BCUT2D eigenvalue weighted by molar-refractivity contribution is -0.137. The van der Waals surface area contributed by atoms with Crippen molar-refractivity contribution in [3.05, 3.63) is 111 Å². The number of halogens is 3. The summed E-state index contributed by atoms with van der Waals surface area (Å²) in [4.78, 5) is 13.3. The highest BCUT2D eigenvalue weighted by molar-refractivity contribution is 5.74. The van der Waals surface area contributed by atoms with Crippen LogP contribution >= 0.6 is 0 Å². The van der Waals surface area contributed by atoms with E-state index in [0.29, 0.717) is 11.3 Å². The van der Waals surface area contributed by atoms with Crippen LogP contribution < -0.4 is 11.3 Å². The van der Waals surface area contributed by atoms with Crippen molar-refractivity contribution in [1.82, 2.24) is 4.57 Å². The maximum Gasteiger partial charge on any atom is 0.417 e. The Labute approximate surface area is 200 Å². The summed E-state index contributed by atoms with van der Waals surface area (Å²) >= 11 is 0. The van der Waals surface area contributed by atoms with Gasteiger partial charge in [0.25, 0.3) is 5.56 Å². The number of rotatable bonds is 4. The normalized spacial score (nSPS) is 11.3. The van der Waals surface area contributed by atoms with Crippen molar-refractivity contribution in [2.24, 2.45) is 0 Å². The van der Waals surface area contributed by atoms with Crippen LogP contribution in [0.1, 0.15) is 27.8 Å². The minimum atomic E-state index is -4.86. The number of aromatic nitrogens is 1. The summed E-state index contributed by atoms with van der Waals surface area (Å²) in [6.07, 6.45) is -4.86. The Morgan fingerprint density at radius 3 is 2.20 bits per heavy atom. The second-order valence-electron chi connectivity index (χ2n) is 8.46. The average Bonchev–Trinajstić information content (AvgIpc) is 2.81. The van der Waals surface area contributed by atoms with Crippen LogP contribution in [0.2, 0.25) is 0 Å². The predicted molar refractivity (Wildman–Crippen MR) is 131 cm³/mol. The van der Waals surface area contributed by atoms with Gasteiger partial charge in [0, 0.05) is 5.69 Å². The second kappa shape index (κ2) is 9.15. The summed E-state index contributed by atoms with van der Waals surface area (Å²) in [7, 11) is 0. The standard InChI is InChI=1S/C28H22F3N3O/c1-17-9-10-22(18(2)11-17)16-34-26(14-25(28(29,30)31)24(15-32)27(34)35)21-7-3-5-19(12-21)20-6-4-8-23(33)13-20/h3-14H,16,33H2,1-2H3. The summed E-state index contributed by atoms with van der Waals surface area (Å²) in [6, 6.07) is 22.1. The number of benzene rings is 3. The van der Waals surface area contributed by atoms with E-state index in [1.165, 1.54) is 10.6 Å². The first-order valence-corrected chi connectivity index (χ1v) is 10.9. The fourth-order valence-corrected chi connectivity index (χ4v) is 4.14. The van der Waals surface area contributed by atoms with Gasteiger partial charge in [0.1, 0.15) is 11.6 Å². The molecule has 0 unspecified atom stereocenters. The van der Waals surface area contributed by atoms with Crippen molar-refractivity contribution in [3.8, 4) is 28.5 Å². The van der Waals surface area contributed by atoms with Crippen LogP contribution in [0.4, 0.5) is 18.9 Å². The molecule has 0 fully saturated rings. The molecule has 2 N–H and O–H groups in total.